The molecule has 1 aromatic carbocycles. The summed E-state index contributed by atoms with van der Waals surface area (Å²) in [6.07, 6.45) is 0. The van der Waals surface area contributed by atoms with E-state index in [4.69, 9.17) is 4.74 Å². The summed E-state index contributed by atoms with van der Waals surface area (Å²) in [5, 5.41) is 14.7. The second-order valence-electron chi connectivity index (χ2n) is 6.13. The van der Waals surface area contributed by atoms with Gasteiger partial charge in [0.1, 0.15) is 11.5 Å². The van der Waals surface area contributed by atoms with E-state index >= 15 is 0 Å². The second kappa shape index (κ2) is 7.85. The van der Waals surface area contributed by atoms with Gasteiger partial charge in [-0.05, 0) is 26.8 Å². The van der Waals surface area contributed by atoms with E-state index in [0.717, 1.165) is 11.3 Å². The second-order valence-corrected chi connectivity index (χ2v) is 7.84. The number of aromatic nitrogens is 4. The van der Waals surface area contributed by atoms with Gasteiger partial charge in [-0.1, -0.05) is 29.8 Å². The van der Waals surface area contributed by atoms with Crippen LogP contribution in [-0.2, 0) is 10.0 Å². The van der Waals surface area contributed by atoms with Crippen LogP contribution in [0.4, 0.5) is 0 Å². The van der Waals surface area contributed by atoms with E-state index in [0.29, 0.717) is 17.3 Å². The first-order valence-electron chi connectivity index (χ1n) is 8.41. The van der Waals surface area contributed by atoms with Crippen LogP contribution in [0.2, 0.25) is 0 Å². The molecule has 0 fully saturated rings. The lowest BCUT2D eigenvalue weighted by Crippen LogP contribution is -2.29. The number of ether oxygens (including phenoxy) is 1. The molecule has 0 bridgehead atoms. The molecule has 0 atom stereocenters. The summed E-state index contributed by atoms with van der Waals surface area (Å²) in [5.41, 5.74) is 3.82. The smallest absolute Gasteiger partial charge is 0.244 e. The molecule has 0 radical (unpaired) electrons. The Balaban J connectivity index is 1.54. The van der Waals surface area contributed by atoms with Crippen LogP contribution < -0.4 is 9.46 Å². The number of nitrogens with zero attached hydrogens (tertiary/aromatic N) is 3. The Morgan fingerprint density at radius 3 is 2.37 bits per heavy atom. The number of aromatic amines is 1. The van der Waals surface area contributed by atoms with Crippen molar-refractivity contribution in [2.24, 2.45) is 0 Å². The normalized spacial score (nSPS) is 11.5. The molecule has 0 unspecified atom stereocenters. The van der Waals surface area contributed by atoms with Crippen LogP contribution >= 0.6 is 0 Å². The Labute approximate surface area is 158 Å². The zero-order valence-electron chi connectivity index (χ0n) is 15.4. The van der Waals surface area contributed by atoms with Crippen molar-refractivity contribution < 1.29 is 13.2 Å². The highest BCUT2D eigenvalue weighted by Gasteiger charge is 2.21. The molecular formula is C18H21N5O3S. The number of sulfonamides is 1. The Bertz CT molecular complexity index is 993. The fourth-order valence-electron chi connectivity index (χ4n) is 2.62. The third kappa shape index (κ3) is 4.50. The zero-order valence-corrected chi connectivity index (χ0v) is 16.2. The molecule has 9 heteroatoms. The first-order chi connectivity index (χ1) is 12.9. The largest absolute Gasteiger partial charge is 0.475 e. The standard InChI is InChI=1S/C18H21N5O3S/c1-12-4-6-15(7-5-12)16-8-9-17(23-22-16)26-11-10-19-27(24,25)18-13(2)20-21-14(18)3/h4-9,19H,10-11H2,1-3H3,(H,20,21). The van der Waals surface area contributed by atoms with E-state index in [1.807, 2.05) is 37.3 Å². The van der Waals surface area contributed by atoms with Crippen LogP contribution in [0.1, 0.15) is 17.0 Å². The van der Waals surface area contributed by atoms with E-state index in [2.05, 4.69) is 25.1 Å². The molecule has 2 aromatic heterocycles. The molecule has 0 saturated carbocycles. The quantitative estimate of drug-likeness (QED) is 0.601. The minimum absolute atomic E-state index is 0.105. The Morgan fingerprint density at radius 2 is 1.78 bits per heavy atom. The first kappa shape index (κ1) is 19.0. The van der Waals surface area contributed by atoms with Crippen molar-refractivity contribution in [3.63, 3.8) is 0 Å². The number of aryl methyl sites for hydroxylation is 3. The van der Waals surface area contributed by atoms with Crippen molar-refractivity contribution in [3.05, 3.63) is 53.3 Å². The average molecular weight is 387 g/mol. The molecule has 2 heterocycles. The van der Waals surface area contributed by atoms with Gasteiger partial charge in [0.15, 0.2) is 0 Å². The van der Waals surface area contributed by atoms with Gasteiger partial charge in [-0.2, -0.15) is 5.10 Å². The van der Waals surface area contributed by atoms with Crippen LogP contribution in [-0.4, -0.2) is 42.0 Å². The minimum atomic E-state index is -3.64. The van der Waals surface area contributed by atoms with Crippen LogP contribution in [0.3, 0.4) is 0 Å². The monoisotopic (exact) mass is 387 g/mol. The molecule has 27 heavy (non-hydrogen) atoms. The van der Waals surface area contributed by atoms with Crippen LogP contribution in [0.15, 0.2) is 41.3 Å². The number of H-pyrrole nitrogens is 1. The summed E-state index contributed by atoms with van der Waals surface area (Å²) in [6.45, 7) is 5.56. The van der Waals surface area contributed by atoms with Gasteiger partial charge in [-0.15, -0.1) is 10.2 Å². The van der Waals surface area contributed by atoms with Crippen molar-refractivity contribution in [2.75, 3.05) is 13.2 Å². The number of hydrogen-bond donors (Lipinski definition) is 2. The lowest BCUT2D eigenvalue weighted by Gasteiger charge is -2.08. The fraction of sp³-hybridized carbons (Fsp3) is 0.278. The van der Waals surface area contributed by atoms with Crippen molar-refractivity contribution in [3.8, 4) is 17.1 Å². The Morgan fingerprint density at radius 1 is 1.04 bits per heavy atom. The van der Waals surface area contributed by atoms with E-state index in [9.17, 15) is 8.42 Å². The molecule has 142 valence electrons. The van der Waals surface area contributed by atoms with E-state index in [1.54, 1.807) is 19.9 Å². The van der Waals surface area contributed by atoms with Crippen molar-refractivity contribution in [2.45, 2.75) is 25.7 Å². The van der Waals surface area contributed by atoms with Crippen LogP contribution in [0, 0.1) is 20.8 Å². The molecular weight excluding hydrogens is 366 g/mol. The summed E-state index contributed by atoms with van der Waals surface area (Å²) < 4.78 is 32.6. The maximum atomic E-state index is 12.3. The van der Waals surface area contributed by atoms with Crippen molar-refractivity contribution in [1.29, 1.82) is 0 Å². The minimum Gasteiger partial charge on any atom is -0.475 e. The topological polar surface area (TPSA) is 110 Å². The summed E-state index contributed by atoms with van der Waals surface area (Å²) >= 11 is 0. The molecule has 0 aliphatic carbocycles. The fourth-order valence-corrected chi connectivity index (χ4v) is 4.00. The molecule has 3 aromatic rings. The number of hydrogen-bond acceptors (Lipinski definition) is 6. The van der Waals surface area contributed by atoms with Gasteiger partial charge in [0.2, 0.25) is 15.9 Å². The number of nitrogens with one attached hydrogen (secondary N) is 2. The number of rotatable bonds is 7. The highest BCUT2D eigenvalue weighted by molar-refractivity contribution is 7.89. The van der Waals surface area contributed by atoms with Crippen LogP contribution in [0.5, 0.6) is 5.88 Å². The third-order valence-electron chi connectivity index (χ3n) is 3.96. The lowest BCUT2D eigenvalue weighted by molar-refractivity contribution is 0.307. The van der Waals surface area contributed by atoms with E-state index < -0.39 is 10.0 Å². The van der Waals surface area contributed by atoms with Crippen LogP contribution in [0.25, 0.3) is 11.3 Å². The van der Waals surface area contributed by atoms with Gasteiger partial charge in [-0.3, -0.25) is 5.10 Å². The molecule has 0 aliphatic heterocycles. The molecule has 3 rings (SSSR count). The summed E-state index contributed by atoms with van der Waals surface area (Å²) in [7, 11) is -3.64. The SMILES string of the molecule is Cc1ccc(-c2ccc(OCCNS(=O)(=O)c3c(C)n[nH]c3C)nn2)cc1. The maximum absolute atomic E-state index is 12.3. The molecule has 0 aliphatic rings. The molecule has 0 spiro atoms. The van der Waals surface area contributed by atoms with E-state index in [1.165, 1.54) is 5.56 Å². The first-order valence-corrected chi connectivity index (χ1v) is 9.90. The molecule has 0 amide bonds. The molecule has 0 saturated heterocycles. The van der Waals surface area contributed by atoms with Gasteiger partial charge in [0.25, 0.3) is 0 Å². The Kier molecular flexibility index (Phi) is 5.52. The lowest BCUT2D eigenvalue weighted by atomic mass is 10.1. The summed E-state index contributed by atoms with van der Waals surface area (Å²) in [6, 6.07) is 11.5. The zero-order chi connectivity index (χ0) is 19.4. The predicted molar refractivity (Wildman–Crippen MR) is 101 cm³/mol. The molecule has 8 nitrogen and oxygen atoms in total. The van der Waals surface area contributed by atoms with Crippen molar-refractivity contribution >= 4 is 10.0 Å². The number of benzene rings is 1. The van der Waals surface area contributed by atoms with Gasteiger partial charge in [0.05, 0.1) is 17.1 Å². The van der Waals surface area contributed by atoms with Gasteiger partial charge >= 0.3 is 0 Å². The third-order valence-corrected chi connectivity index (χ3v) is 5.68. The summed E-state index contributed by atoms with van der Waals surface area (Å²) in [5.74, 6) is 0.334. The van der Waals surface area contributed by atoms with Crippen molar-refractivity contribution in [1.82, 2.24) is 25.1 Å². The van der Waals surface area contributed by atoms with Gasteiger partial charge < -0.3 is 4.74 Å². The average Bonchev–Trinajstić information content (AvgIpc) is 2.99. The maximum Gasteiger partial charge on any atom is 0.244 e. The summed E-state index contributed by atoms with van der Waals surface area (Å²) in [4.78, 5) is 0.171. The van der Waals surface area contributed by atoms with Gasteiger partial charge in [0, 0.05) is 18.2 Å². The van der Waals surface area contributed by atoms with Gasteiger partial charge in [-0.25, -0.2) is 13.1 Å². The predicted octanol–water partition coefficient (Wildman–Crippen LogP) is 2.15. The Hall–Kier alpha value is -2.78. The highest BCUT2D eigenvalue weighted by Crippen LogP contribution is 2.18. The molecule has 2 N–H and O–H groups in total. The highest BCUT2D eigenvalue weighted by atomic mass is 32.2. The van der Waals surface area contributed by atoms with E-state index in [-0.39, 0.29) is 18.0 Å².